The second-order valence-electron chi connectivity index (χ2n) is 16.3. The van der Waals surface area contributed by atoms with Crippen LogP contribution in [-0.4, -0.2) is 75.8 Å². The normalized spacial score (nSPS) is 44.2. The Hall–Kier alpha value is -1.06. The van der Waals surface area contributed by atoms with Gasteiger partial charge in [-0.3, -0.25) is 4.90 Å². The van der Waals surface area contributed by atoms with Crippen molar-refractivity contribution in [3.8, 4) is 0 Å². The molecule has 45 heavy (non-hydrogen) atoms. The smallest absolute Gasteiger partial charge is 0.0637 e. The summed E-state index contributed by atoms with van der Waals surface area (Å²) in [7, 11) is 2.36. The van der Waals surface area contributed by atoms with E-state index in [0.29, 0.717) is 81.2 Å². The molecule has 0 aliphatic heterocycles. The van der Waals surface area contributed by atoms with Gasteiger partial charge in [0.2, 0.25) is 0 Å². The fourth-order valence-corrected chi connectivity index (χ4v) is 12.2. The molecule has 0 saturated heterocycles. The molecule has 0 bridgehead atoms. The number of nitrogens with two attached hydrogens (primary N) is 3. The summed E-state index contributed by atoms with van der Waals surface area (Å²) < 4.78 is 20.0. The van der Waals surface area contributed by atoms with Crippen molar-refractivity contribution >= 4 is 0 Å². The van der Waals surface area contributed by atoms with Crippen molar-refractivity contribution in [1.82, 2.24) is 4.90 Å². The quantitative estimate of drug-likeness (QED) is 0.277. The Kier molecular flexibility index (Phi) is 10.4. The molecule has 2 unspecified atom stereocenters. The lowest BCUT2D eigenvalue weighted by Gasteiger charge is -2.66. The Labute approximate surface area is 273 Å². The molecular formula is C38H64N4O3. The molecule has 5 aliphatic rings. The maximum Gasteiger partial charge on any atom is 0.0637 e. The summed E-state index contributed by atoms with van der Waals surface area (Å²) in [6.07, 6.45) is 11.7. The van der Waals surface area contributed by atoms with Gasteiger partial charge in [-0.25, -0.2) is 0 Å². The number of hydrogen-bond donors (Lipinski definition) is 3. The lowest BCUT2D eigenvalue weighted by Crippen LogP contribution is -2.66. The predicted octanol–water partition coefficient (Wildman–Crippen LogP) is 5.20. The van der Waals surface area contributed by atoms with Crippen LogP contribution in [0, 0.1) is 45.8 Å². The van der Waals surface area contributed by atoms with Gasteiger partial charge in [0.15, 0.2) is 0 Å². The molecule has 1 aromatic carbocycles. The first-order valence-electron chi connectivity index (χ1n) is 18.4. The molecule has 6 N–H and O–H groups in total. The third-order valence-corrected chi connectivity index (χ3v) is 14.4. The van der Waals surface area contributed by atoms with E-state index in [1.165, 1.54) is 37.7 Å². The van der Waals surface area contributed by atoms with E-state index in [-0.39, 0.29) is 28.5 Å². The Morgan fingerprint density at radius 1 is 0.756 bits per heavy atom. The van der Waals surface area contributed by atoms with Crippen LogP contribution in [0.15, 0.2) is 30.3 Å². The molecular weight excluding hydrogens is 560 g/mol. The third kappa shape index (κ3) is 5.95. The maximum atomic E-state index is 6.96. The van der Waals surface area contributed by atoms with Crippen molar-refractivity contribution in [2.45, 2.75) is 109 Å². The highest BCUT2D eigenvalue weighted by Gasteiger charge is 2.69. The van der Waals surface area contributed by atoms with E-state index in [1.807, 2.05) is 0 Å². The van der Waals surface area contributed by atoms with Crippen LogP contribution in [0.5, 0.6) is 0 Å². The van der Waals surface area contributed by atoms with Crippen molar-refractivity contribution in [3.05, 3.63) is 35.9 Å². The van der Waals surface area contributed by atoms with E-state index in [4.69, 9.17) is 31.4 Å². The number of hydrogen-bond acceptors (Lipinski definition) is 7. The summed E-state index contributed by atoms with van der Waals surface area (Å²) >= 11 is 0. The van der Waals surface area contributed by atoms with E-state index in [2.05, 4.69) is 63.1 Å². The van der Waals surface area contributed by atoms with Crippen LogP contribution in [0.1, 0.15) is 84.1 Å². The topological polar surface area (TPSA) is 109 Å². The lowest BCUT2D eigenvalue weighted by atomic mass is 9.41. The van der Waals surface area contributed by atoms with Crippen LogP contribution in [0.4, 0.5) is 0 Å². The Balaban J connectivity index is 1.30. The molecule has 5 saturated carbocycles. The minimum atomic E-state index is 0.103. The van der Waals surface area contributed by atoms with E-state index in [9.17, 15) is 0 Å². The average Bonchev–Trinajstić information content (AvgIpc) is 3.39. The molecule has 7 heteroatoms. The van der Waals surface area contributed by atoms with Crippen molar-refractivity contribution in [2.75, 3.05) is 46.5 Å². The summed E-state index contributed by atoms with van der Waals surface area (Å²) in [4.78, 5) is 2.65. The highest BCUT2D eigenvalue weighted by Crippen LogP contribution is 2.72. The van der Waals surface area contributed by atoms with Crippen molar-refractivity contribution in [1.29, 1.82) is 0 Å². The predicted molar refractivity (Wildman–Crippen MR) is 181 cm³/mol. The lowest BCUT2D eigenvalue weighted by molar-refractivity contribution is -0.237. The second kappa shape index (κ2) is 13.8. The number of nitrogens with zero attached hydrogens (tertiary/aromatic N) is 1. The third-order valence-electron chi connectivity index (χ3n) is 14.4. The maximum absolute atomic E-state index is 6.96. The van der Waals surface area contributed by atoms with E-state index in [1.54, 1.807) is 0 Å². The van der Waals surface area contributed by atoms with Crippen LogP contribution in [0.2, 0.25) is 0 Å². The van der Waals surface area contributed by atoms with Crippen LogP contribution in [0.3, 0.4) is 0 Å². The number of rotatable bonds is 13. The number of ether oxygens (including phenoxy) is 3. The SMILES string of the molecule is CN(Cc1ccccc1)C1CC[C@@]1(C)[C@H]1CC[C@H]2[C@@H]3[C@H](OCCN)C[C@@H]4CC(OCCN)CC[C@]4(C)[C@H]3C[C@H](OCCN)[C@@]21C. The minimum absolute atomic E-state index is 0.103. The molecule has 5 aliphatic carbocycles. The van der Waals surface area contributed by atoms with Gasteiger partial charge in [-0.1, -0.05) is 51.1 Å². The molecule has 6 rings (SSSR count). The van der Waals surface area contributed by atoms with Gasteiger partial charge in [-0.2, -0.15) is 0 Å². The Morgan fingerprint density at radius 3 is 2.13 bits per heavy atom. The van der Waals surface area contributed by atoms with Crippen molar-refractivity contribution in [3.63, 3.8) is 0 Å². The molecule has 0 heterocycles. The first-order valence-corrected chi connectivity index (χ1v) is 18.4. The molecule has 0 amide bonds. The summed E-state index contributed by atoms with van der Waals surface area (Å²) in [5, 5.41) is 0. The van der Waals surface area contributed by atoms with Crippen LogP contribution in [0.25, 0.3) is 0 Å². The van der Waals surface area contributed by atoms with E-state index in [0.717, 1.165) is 32.2 Å². The minimum Gasteiger partial charge on any atom is -0.377 e. The zero-order valence-corrected chi connectivity index (χ0v) is 28.8. The van der Waals surface area contributed by atoms with Gasteiger partial charge in [0.25, 0.3) is 0 Å². The summed E-state index contributed by atoms with van der Waals surface area (Å²) in [6.45, 7) is 12.6. The van der Waals surface area contributed by atoms with Gasteiger partial charge in [0.05, 0.1) is 38.1 Å². The van der Waals surface area contributed by atoms with Gasteiger partial charge in [-0.05, 0) is 111 Å². The second-order valence-corrected chi connectivity index (χ2v) is 16.3. The molecule has 5 fully saturated rings. The standard InChI is InChI=1S/C38H64N4O3/c1-36-14-12-28(43-19-16-39)22-27(36)23-31(44-20-17-40)35-29-10-11-32(38(29,3)34(24-30(35)36)45-21-18-41)37(2)15-13-33(37)42(4)25-26-8-6-5-7-9-26/h5-9,27-35H,10-25,39-41H2,1-4H3/t27-,28?,29-,30-,31+,32+,33?,34-,35-,36-,37-,38-/m0/s1. The molecule has 0 spiro atoms. The number of benzene rings is 1. The highest BCUT2D eigenvalue weighted by molar-refractivity contribution is 5.20. The van der Waals surface area contributed by atoms with Gasteiger partial charge in [0, 0.05) is 37.6 Å². The molecule has 12 atom stereocenters. The molecule has 254 valence electrons. The van der Waals surface area contributed by atoms with Crippen molar-refractivity contribution in [2.24, 2.45) is 63.0 Å². The fourth-order valence-electron chi connectivity index (χ4n) is 12.2. The largest absolute Gasteiger partial charge is 0.377 e. The molecule has 1 aromatic rings. The Bertz CT molecular complexity index is 1110. The number of fused-ring (bicyclic) bond motifs is 5. The zero-order valence-electron chi connectivity index (χ0n) is 28.8. The van der Waals surface area contributed by atoms with E-state index >= 15 is 0 Å². The Morgan fingerprint density at radius 2 is 1.44 bits per heavy atom. The van der Waals surface area contributed by atoms with Crippen molar-refractivity contribution < 1.29 is 14.2 Å². The summed E-state index contributed by atoms with van der Waals surface area (Å²) in [5.41, 5.74) is 20.1. The molecule has 0 radical (unpaired) electrons. The van der Waals surface area contributed by atoms with Crippen LogP contribution >= 0.6 is 0 Å². The van der Waals surface area contributed by atoms with Gasteiger partial charge in [0.1, 0.15) is 0 Å². The molecule has 7 nitrogen and oxygen atoms in total. The summed E-state index contributed by atoms with van der Waals surface area (Å²) in [5.74, 6) is 2.94. The van der Waals surface area contributed by atoms with Gasteiger partial charge in [-0.15, -0.1) is 0 Å². The average molecular weight is 625 g/mol. The van der Waals surface area contributed by atoms with Crippen LogP contribution in [-0.2, 0) is 20.8 Å². The van der Waals surface area contributed by atoms with E-state index < -0.39 is 0 Å². The monoisotopic (exact) mass is 624 g/mol. The first-order chi connectivity index (χ1) is 21.7. The van der Waals surface area contributed by atoms with Gasteiger partial charge < -0.3 is 31.4 Å². The summed E-state index contributed by atoms with van der Waals surface area (Å²) in [6, 6.07) is 11.6. The highest BCUT2D eigenvalue weighted by atomic mass is 16.5. The molecule has 0 aromatic heterocycles. The first kappa shape index (κ1) is 33.8. The van der Waals surface area contributed by atoms with Gasteiger partial charge >= 0.3 is 0 Å². The zero-order chi connectivity index (χ0) is 31.8. The van der Waals surface area contributed by atoms with Crippen LogP contribution < -0.4 is 17.2 Å². The fraction of sp³-hybridized carbons (Fsp3) is 0.842.